The molecule has 1 fully saturated rings. The van der Waals surface area contributed by atoms with Gasteiger partial charge in [0.1, 0.15) is 4.32 Å². The van der Waals surface area contributed by atoms with E-state index in [0.717, 1.165) is 17.7 Å². The number of fused-ring (bicyclic) bond motifs is 1. The summed E-state index contributed by atoms with van der Waals surface area (Å²) in [5.74, 6) is 0.343. The van der Waals surface area contributed by atoms with Crippen LogP contribution in [0.5, 0.6) is 0 Å². The van der Waals surface area contributed by atoms with Gasteiger partial charge in [-0.25, -0.2) is 0 Å². The van der Waals surface area contributed by atoms with Gasteiger partial charge in [0.15, 0.2) is 0 Å². The highest BCUT2D eigenvalue weighted by molar-refractivity contribution is 8.26. The van der Waals surface area contributed by atoms with Gasteiger partial charge >= 0.3 is 0 Å². The van der Waals surface area contributed by atoms with Crippen LogP contribution in [0.1, 0.15) is 44.2 Å². The number of carbonyl (C=O) groups excluding carboxylic acids is 1. The lowest BCUT2D eigenvalue weighted by Crippen LogP contribution is -2.45. The van der Waals surface area contributed by atoms with Crippen molar-refractivity contribution in [2.75, 3.05) is 18.5 Å². The SMILES string of the molecule is C=CCN1C(=O)/C(=C/c2cc3c(cc2Cl)N(C)C(C)(C)C[C@@H]3C)SC1=S. The molecular formula is C20H23ClN2OS2. The normalized spacial score (nSPS) is 23.6. The van der Waals surface area contributed by atoms with Gasteiger partial charge in [-0.15, -0.1) is 6.58 Å². The molecule has 2 heterocycles. The van der Waals surface area contributed by atoms with Crippen molar-refractivity contribution in [1.82, 2.24) is 4.90 Å². The summed E-state index contributed by atoms with van der Waals surface area (Å²) in [5, 5.41) is 0.648. The van der Waals surface area contributed by atoms with E-state index in [0.29, 0.717) is 26.7 Å². The molecular weight excluding hydrogens is 384 g/mol. The predicted octanol–water partition coefficient (Wildman–Crippen LogP) is 5.45. The number of carbonyl (C=O) groups is 1. The highest BCUT2D eigenvalue weighted by Crippen LogP contribution is 2.45. The first-order chi connectivity index (χ1) is 12.2. The van der Waals surface area contributed by atoms with Gasteiger partial charge in [0.25, 0.3) is 5.91 Å². The summed E-state index contributed by atoms with van der Waals surface area (Å²) >= 11 is 13.2. The van der Waals surface area contributed by atoms with Crippen molar-refractivity contribution in [3.05, 3.63) is 45.8 Å². The van der Waals surface area contributed by atoms with E-state index in [-0.39, 0.29) is 11.4 Å². The van der Waals surface area contributed by atoms with Crippen LogP contribution in [0.25, 0.3) is 6.08 Å². The number of rotatable bonds is 3. The van der Waals surface area contributed by atoms with Crippen LogP contribution in [-0.2, 0) is 4.79 Å². The second kappa shape index (κ2) is 7.02. The Kier molecular flexibility index (Phi) is 5.26. The lowest BCUT2D eigenvalue weighted by molar-refractivity contribution is -0.121. The van der Waals surface area contributed by atoms with Crippen LogP contribution in [0.2, 0.25) is 5.02 Å². The third kappa shape index (κ3) is 3.32. The number of anilines is 1. The van der Waals surface area contributed by atoms with E-state index >= 15 is 0 Å². The van der Waals surface area contributed by atoms with Gasteiger partial charge in [-0.3, -0.25) is 9.69 Å². The van der Waals surface area contributed by atoms with Crippen LogP contribution < -0.4 is 4.90 Å². The maximum absolute atomic E-state index is 12.6. The highest BCUT2D eigenvalue weighted by Gasteiger charge is 2.35. The molecule has 1 aromatic rings. The van der Waals surface area contributed by atoms with E-state index < -0.39 is 0 Å². The molecule has 0 aromatic heterocycles. The third-order valence-electron chi connectivity index (χ3n) is 5.22. The van der Waals surface area contributed by atoms with Crippen LogP contribution in [0.4, 0.5) is 5.69 Å². The van der Waals surface area contributed by atoms with Crippen molar-refractivity contribution in [3.8, 4) is 0 Å². The maximum Gasteiger partial charge on any atom is 0.266 e. The average molecular weight is 407 g/mol. The van der Waals surface area contributed by atoms with Gasteiger partial charge < -0.3 is 4.90 Å². The number of hydrogen-bond donors (Lipinski definition) is 0. The number of hydrogen-bond acceptors (Lipinski definition) is 4. The standard InChI is InChI=1S/C20H23ClN2OS2/c1-6-7-23-18(24)17(26-19(23)25)9-13-8-14-12(2)11-20(3,4)22(5)16(14)10-15(13)21/h6,8-10,12H,1,7,11H2,2-5H3/b17-9-/t12-/m0/s1. The molecule has 0 unspecified atom stereocenters. The monoisotopic (exact) mass is 406 g/mol. The second-order valence-corrected chi connectivity index (χ2v) is 9.57. The summed E-state index contributed by atoms with van der Waals surface area (Å²) in [6, 6.07) is 4.14. The van der Waals surface area contributed by atoms with Crippen molar-refractivity contribution >= 4 is 57.6 Å². The van der Waals surface area contributed by atoms with Crippen LogP contribution >= 0.6 is 35.6 Å². The number of halogens is 1. The second-order valence-electron chi connectivity index (χ2n) is 7.49. The number of benzene rings is 1. The van der Waals surface area contributed by atoms with Crippen molar-refractivity contribution in [3.63, 3.8) is 0 Å². The largest absolute Gasteiger partial charge is 0.369 e. The zero-order valence-corrected chi connectivity index (χ0v) is 17.9. The van der Waals surface area contributed by atoms with Gasteiger partial charge in [-0.2, -0.15) is 0 Å². The van der Waals surface area contributed by atoms with Crippen LogP contribution in [-0.4, -0.2) is 34.3 Å². The average Bonchev–Trinajstić information content (AvgIpc) is 2.82. The molecule has 2 aliphatic rings. The van der Waals surface area contributed by atoms with Gasteiger partial charge in [-0.1, -0.05) is 48.6 Å². The predicted molar refractivity (Wildman–Crippen MR) is 117 cm³/mol. The van der Waals surface area contributed by atoms with Gasteiger partial charge in [0.05, 0.1) is 4.91 Å². The van der Waals surface area contributed by atoms with Gasteiger partial charge in [0.2, 0.25) is 0 Å². The highest BCUT2D eigenvalue weighted by atomic mass is 35.5. The van der Waals surface area contributed by atoms with E-state index in [2.05, 4.69) is 45.4 Å². The Bertz CT molecular complexity index is 831. The summed E-state index contributed by atoms with van der Waals surface area (Å²) in [4.78, 5) is 17.0. The molecule has 3 rings (SSSR count). The molecule has 1 saturated heterocycles. The zero-order chi connectivity index (χ0) is 19.2. The van der Waals surface area contributed by atoms with Crippen LogP contribution in [0.3, 0.4) is 0 Å². The smallest absolute Gasteiger partial charge is 0.266 e. The van der Waals surface area contributed by atoms with Crippen LogP contribution in [0, 0.1) is 0 Å². The minimum absolute atomic E-state index is 0.0833. The Morgan fingerprint density at radius 2 is 2.15 bits per heavy atom. The number of thiocarbonyl (C=S) groups is 1. The fraction of sp³-hybridized carbons (Fsp3) is 0.400. The molecule has 0 radical (unpaired) electrons. The van der Waals surface area contributed by atoms with E-state index in [1.165, 1.54) is 17.3 Å². The molecule has 138 valence electrons. The van der Waals surface area contributed by atoms with Crippen LogP contribution in [0.15, 0.2) is 29.7 Å². The lowest BCUT2D eigenvalue weighted by Gasteiger charge is -2.45. The Morgan fingerprint density at radius 3 is 2.81 bits per heavy atom. The van der Waals surface area contributed by atoms with Gasteiger partial charge in [-0.05, 0) is 55.5 Å². The van der Waals surface area contributed by atoms with E-state index in [1.807, 2.05) is 12.1 Å². The molecule has 26 heavy (non-hydrogen) atoms. The quantitative estimate of drug-likeness (QED) is 0.378. The van der Waals surface area contributed by atoms with E-state index in [4.69, 9.17) is 23.8 Å². The molecule has 6 heteroatoms. The molecule has 0 spiro atoms. The minimum Gasteiger partial charge on any atom is -0.369 e. The lowest BCUT2D eigenvalue weighted by atomic mass is 9.80. The first-order valence-electron chi connectivity index (χ1n) is 8.59. The third-order valence-corrected chi connectivity index (χ3v) is 6.93. The molecule has 0 N–H and O–H groups in total. The van der Waals surface area contributed by atoms with E-state index in [9.17, 15) is 4.79 Å². The Balaban J connectivity index is 2.01. The van der Waals surface area contributed by atoms with Crippen molar-refractivity contribution in [2.24, 2.45) is 0 Å². The number of thioether (sulfide) groups is 1. The molecule has 2 aliphatic heterocycles. The van der Waals surface area contributed by atoms with Crippen molar-refractivity contribution in [2.45, 2.75) is 38.6 Å². The van der Waals surface area contributed by atoms with E-state index in [1.54, 1.807) is 11.0 Å². The fourth-order valence-electron chi connectivity index (χ4n) is 3.64. The zero-order valence-electron chi connectivity index (χ0n) is 15.5. The molecule has 1 aromatic carbocycles. The van der Waals surface area contributed by atoms with Crippen molar-refractivity contribution < 1.29 is 4.79 Å². The summed E-state index contributed by atoms with van der Waals surface area (Å²) in [6.07, 6.45) is 4.61. The first-order valence-corrected chi connectivity index (χ1v) is 10.2. The Hall–Kier alpha value is -1.30. The summed E-state index contributed by atoms with van der Waals surface area (Å²) in [5.41, 5.74) is 3.38. The maximum atomic E-state index is 12.6. The summed E-state index contributed by atoms with van der Waals surface area (Å²) < 4.78 is 0.560. The molecule has 0 bridgehead atoms. The summed E-state index contributed by atoms with van der Waals surface area (Å²) in [6.45, 7) is 10.9. The first kappa shape index (κ1) is 19.5. The summed E-state index contributed by atoms with van der Waals surface area (Å²) in [7, 11) is 2.11. The van der Waals surface area contributed by atoms with Gasteiger partial charge in [0, 0.05) is 29.8 Å². The fourth-order valence-corrected chi connectivity index (χ4v) is 5.12. The molecule has 1 amide bonds. The number of amides is 1. The molecule has 3 nitrogen and oxygen atoms in total. The molecule has 0 saturated carbocycles. The number of nitrogens with zero attached hydrogens (tertiary/aromatic N) is 2. The molecule has 1 atom stereocenters. The topological polar surface area (TPSA) is 23.6 Å². The Labute approximate surface area is 170 Å². The minimum atomic E-state index is -0.0833. The molecule has 0 aliphatic carbocycles. The van der Waals surface area contributed by atoms with Crippen molar-refractivity contribution in [1.29, 1.82) is 0 Å². The Morgan fingerprint density at radius 1 is 1.46 bits per heavy atom.